The van der Waals surface area contributed by atoms with E-state index in [2.05, 4.69) is 24.5 Å². The van der Waals surface area contributed by atoms with Crippen LogP contribution in [0.25, 0.3) is 10.9 Å². The van der Waals surface area contributed by atoms with Gasteiger partial charge in [-0.15, -0.1) is 0 Å². The average molecular weight is 567 g/mol. The zero-order valence-electron chi connectivity index (χ0n) is 22.8. The zero-order chi connectivity index (χ0) is 28.8. The van der Waals surface area contributed by atoms with E-state index >= 15 is 0 Å². The van der Waals surface area contributed by atoms with Crippen LogP contribution in [0.15, 0.2) is 106 Å². The number of para-hydroxylation sites is 1. The maximum absolute atomic E-state index is 13.5. The Hall–Kier alpha value is -4.63. The SMILES string of the molecule is CC(C)c1ccc(NC(=O)CSc2nc3ccccc3c(=O)n2Cc2ccc(C(=O)NCc3ccco3)cc2)cc1. The molecule has 0 aliphatic heterocycles. The maximum Gasteiger partial charge on any atom is 0.262 e. The maximum atomic E-state index is 13.5. The van der Waals surface area contributed by atoms with Gasteiger partial charge in [0.15, 0.2) is 5.16 Å². The zero-order valence-corrected chi connectivity index (χ0v) is 23.6. The molecule has 0 saturated heterocycles. The van der Waals surface area contributed by atoms with Gasteiger partial charge < -0.3 is 15.1 Å². The molecule has 0 atom stereocenters. The number of rotatable bonds is 10. The summed E-state index contributed by atoms with van der Waals surface area (Å²) in [5.41, 5.74) is 3.62. The molecule has 2 N–H and O–H groups in total. The molecule has 0 unspecified atom stereocenters. The average Bonchev–Trinajstić information content (AvgIpc) is 3.51. The van der Waals surface area contributed by atoms with Gasteiger partial charge in [-0.25, -0.2) is 4.98 Å². The van der Waals surface area contributed by atoms with Crippen molar-refractivity contribution >= 4 is 40.2 Å². The molecule has 0 saturated carbocycles. The Balaban J connectivity index is 1.31. The number of anilines is 1. The molecule has 5 rings (SSSR count). The number of furan rings is 1. The Morgan fingerprint density at radius 2 is 1.71 bits per heavy atom. The van der Waals surface area contributed by atoms with Gasteiger partial charge in [0.05, 0.1) is 36.0 Å². The standard InChI is InChI=1S/C32H30N4O4S/c1-21(2)23-13-15-25(16-14-23)34-29(37)20-41-32-35-28-8-4-3-7-27(28)31(39)36(32)19-22-9-11-24(12-10-22)30(38)33-18-26-6-5-17-40-26/h3-17,21H,18-20H2,1-2H3,(H,33,38)(H,34,37). The van der Waals surface area contributed by atoms with E-state index in [0.29, 0.717) is 39.8 Å². The third-order valence-corrected chi connectivity index (χ3v) is 7.56. The van der Waals surface area contributed by atoms with Crippen molar-refractivity contribution in [2.24, 2.45) is 0 Å². The van der Waals surface area contributed by atoms with Gasteiger partial charge in [0.25, 0.3) is 11.5 Å². The van der Waals surface area contributed by atoms with Gasteiger partial charge >= 0.3 is 0 Å². The summed E-state index contributed by atoms with van der Waals surface area (Å²) in [6.45, 7) is 4.78. The molecule has 0 radical (unpaired) electrons. The largest absolute Gasteiger partial charge is 0.467 e. The second kappa shape index (κ2) is 12.7. The third-order valence-electron chi connectivity index (χ3n) is 6.58. The smallest absolute Gasteiger partial charge is 0.262 e. The van der Waals surface area contributed by atoms with Gasteiger partial charge in [0, 0.05) is 11.3 Å². The van der Waals surface area contributed by atoms with E-state index in [1.807, 2.05) is 42.5 Å². The quantitative estimate of drug-likeness (QED) is 0.163. The van der Waals surface area contributed by atoms with Gasteiger partial charge in [-0.1, -0.05) is 62.0 Å². The lowest BCUT2D eigenvalue weighted by Crippen LogP contribution is -2.25. The van der Waals surface area contributed by atoms with Crippen LogP contribution in [-0.2, 0) is 17.9 Å². The molecule has 0 aliphatic rings. The van der Waals surface area contributed by atoms with E-state index < -0.39 is 0 Å². The predicted octanol–water partition coefficient (Wildman–Crippen LogP) is 5.82. The molecule has 0 spiro atoms. The van der Waals surface area contributed by atoms with Crippen molar-refractivity contribution < 1.29 is 14.0 Å². The summed E-state index contributed by atoms with van der Waals surface area (Å²) < 4.78 is 6.83. The normalized spacial score (nSPS) is 11.1. The minimum absolute atomic E-state index is 0.0888. The second-order valence-corrected chi connectivity index (χ2v) is 10.8. The van der Waals surface area contributed by atoms with Crippen molar-refractivity contribution in [1.82, 2.24) is 14.9 Å². The van der Waals surface area contributed by atoms with Crippen molar-refractivity contribution in [3.8, 4) is 0 Å². The van der Waals surface area contributed by atoms with Crippen LogP contribution in [0.2, 0.25) is 0 Å². The number of nitrogens with one attached hydrogen (secondary N) is 2. The van der Waals surface area contributed by atoms with Gasteiger partial charge in [0.1, 0.15) is 5.76 Å². The monoisotopic (exact) mass is 566 g/mol. The van der Waals surface area contributed by atoms with Crippen LogP contribution in [0.5, 0.6) is 0 Å². The highest BCUT2D eigenvalue weighted by molar-refractivity contribution is 7.99. The summed E-state index contributed by atoms with van der Waals surface area (Å²) in [5, 5.41) is 6.68. The second-order valence-electron chi connectivity index (χ2n) is 9.88. The lowest BCUT2D eigenvalue weighted by Gasteiger charge is -2.14. The van der Waals surface area contributed by atoms with Crippen LogP contribution in [0.3, 0.4) is 0 Å². The minimum Gasteiger partial charge on any atom is -0.467 e. The lowest BCUT2D eigenvalue weighted by atomic mass is 10.0. The first-order chi connectivity index (χ1) is 19.9. The van der Waals surface area contributed by atoms with Gasteiger partial charge in [0.2, 0.25) is 5.91 Å². The molecule has 5 aromatic rings. The Bertz CT molecular complexity index is 1710. The van der Waals surface area contributed by atoms with Gasteiger partial charge in [-0.05, 0) is 65.6 Å². The first-order valence-corrected chi connectivity index (χ1v) is 14.3. The molecule has 0 aliphatic carbocycles. The first kappa shape index (κ1) is 27.9. The summed E-state index contributed by atoms with van der Waals surface area (Å²) in [5.74, 6) is 0.753. The van der Waals surface area contributed by atoms with E-state index in [9.17, 15) is 14.4 Å². The molecule has 3 aromatic carbocycles. The highest BCUT2D eigenvalue weighted by Crippen LogP contribution is 2.21. The Kier molecular flexibility index (Phi) is 8.64. The highest BCUT2D eigenvalue weighted by Gasteiger charge is 2.15. The summed E-state index contributed by atoms with van der Waals surface area (Å²) >= 11 is 1.21. The number of carbonyl (C=O) groups excluding carboxylic acids is 2. The molecular weight excluding hydrogens is 536 g/mol. The fraction of sp³-hybridized carbons (Fsp3) is 0.188. The summed E-state index contributed by atoms with van der Waals surface area (Å²) in [7, 11) is 0. The molecule has 208 valence electrons. The van der Waals surface area contributed by atoms with Crippen LogP contribution >= 0.6 is 11.8 Å². The van der Waals surface area contributed by atoms with E-state index in [1.165, 1.54) is 17.3 Å². The fourth-order valence-electron chi connectivity index (χ4n) is 4.30. The molecule has 41 heavy (non-hydrogen) atoms. The van der Waals surface area contributed by atoms with Crippen LogP contribution < -0.4 is 16.2 Å². The number of fused-ring (bicyclic) bond motifs is 1. The van der Waals surface area contributed by atoms with Gasteiger partial charge in [-0.3, -0.25) is 19.0 Å². The molecule has 8 nitrogen and oxygen atoms in total. The number of aromatic nitrogens is 2. The number of thioether (sulfide) groups is 1. The third kappa shape index (κ3) is 6.93. The number of hydrogen-bond acceptors (Lipinski definition) is 6. The molecule has 0 fully saturated rings. The van der Waals surface area contributed by atoms with Crippen LogP contribution in [0.4, 0.5) is 5.69 Å². The molecular formula is C32H30N4O4S. The number of nitrogens with zero attached hydrogens (tertiary/aromatic N) is 2. The number of carbonyl (C=O) groups is 2. The Labute approximate surface area is 241 Å². The molecule has 2 heterocycles. The van der Waals surface area contributed by atoms with Crippen LogP contribution in [0, 0.1) is 0 Å². The topological polar surface area (TPSA) is 106 Å². The number of benzene rings is 3. The number of amides is 2. The Morgan fingerprint density at radius 1 is 0.951 bits per heavy atom. The van der Waals surface area contributed by atoms with Crippen LogP contribution in [0.1, 0.15) is 47.0 Å². The van der Waals surface area contributed by atoms with Gasteiger partial charge in [-0.2, -0.15) is 0 Å². The Morgan fingerprint density at radius 3 is 2.41 bits per heavy atom. The molecule has 2 aromatic heterocycles. The molecule has 9 heteroatoms. The van der Waals surface area contributed by atoms with Crippen molar-refractivity contribution in [2.75, 3.05) is 11.1 Å². The van der Waals surface area contributed by atoms with Crippen molar-refractivity contribution in [3.05, 3.63) is 124 Å². The van der Waals surface area contributed by atoms with Crippen molar-refractivity contribution in [1.29, 1.82) is 0 Å². The summed E-state index contributed by atoms with van der Waals surface area (Å²) in [6.07, 6.45) is 1.56. The fourth-order valence-corrected chi connectivity index (χ4v) is 5.10. The van der Waals surface area contributed by atoms with E-state index in [0.717, 1.165) is 11.3 Å². The highest BCUT2D eigenvalue weighted by atomic mass is 32.2. The van der Waals surface area contributed by atoms with Crippen molar-refractivity contribution in [2.45, 2.75) is 38.0 Å². The summed E-state index contributed by atoms with van der Waals surface area (Å²) in [4.78, 5) is 43.5. The molecule has 0 bridgehead atoms. The predicted molar refractivity (Wildman–Crippen MR) is 161 cm³/mol. The van der Waals surface area contributed by atoms with Crippen LogP contribution in [-0.4, -0.2) is 27.1 Å². The van der Waals surface area contributed by atoms with E-state index in [-0.39, 0.29) is 29.7 Å². The number of hydrogen-bond donors (Lipinski definition) is 2. The van der Waals surface area contributed by atoms with E-state index in [4.69, 9.17) is 9.40 Å². The van der Waals surface area contributed by atoms with Crippen molar-refractivity contribution in [3.63, 3.8) is 0 Å². The molecule has 2 amide bonds. The van der Waals surface area contributed by atoms with E-state index in [1.54, 1.807) is 53.3 Å². The summed E-state index contributed by atoms with van der Waals surface area (Å²) in [6, 6.07) is 25.6. The lowest BCUT2D eigenvalue weighted by molar-refractivity contribution is -0.113. The minimum atomic E-state index is -0.224. The first-order valence-electron chi connectivity index (χ1n) is 13.3.